The predicted molar refractivity (Wildman–Crippen MR) is 82.3 cm³/mol. The average Bonchev–Trinajstić information content (AvgIpc) is 2.79. The summed E-state index contributed by atoms with van der Waals surface area (Å²) in [6, 6.07) is 3.30. The maximum absolute atomic E-state index is 12.5. The molecule has 0 saturated carbocycles. The van der Waals surface area contributed by atoms with Crippen molar-refractivity contribution in [2.75, 3.05) is 5.32 Å². The van der Waals surface area contributed by atoms with Gasteiger partial charge < -0.3 is 15.5 Å². The topological polar surface area (TPSA) is 81.2 Å². The number of alkyl halides is 3. The summed E-state index contributed by atoms with van der Waals surface area (Å²) in [4.78, 5) is 15.4. The number of amides is 1. The van der Waals surface area contributed by atoms with E-state index >= 15 is 0 Å². The third-order valence-corrected chi connectivity index (χ3v) is 3.11. The lowest BCUT2D eigenvalue weighted by molar-refractivity contribution is -0.156. The van der Waals surface area contributed by atoms with E-state index in [9.17, 15) is 18.0 Å². The van der Waals surface area contributed by atoms with E-state index in [1.807, 2.05) is 20.8 Å². The van der Waals surface area contributed by atoms with Gasteiger partial charge in [-0.05, 0) is 23.6 Å². The Morgan fingerprint density at radius 3 is 2.43 bits per heavy atom. The Bertz CT molecular complexity index is 707. The zero-order valence-electron chi connectivity index (χ0n) is 12.7. The van der Waals surface area contributed by atoms with Crippen LogP contribution in [-0.2, 0) is 11.0 Å². The van der Waals surface area contributed by atoms with Crippen molar-refractivity contribution >= 4 is 35.1 Å². The largest absolute Gasteiger partial charge is 0.468 e. The summed E-state index contributed by atoms with van der Waals surface area (Å²) in [7, 11) is 0. The Hall–Kier alpha value is -1.80. The monoisotopic (exact) mass is 351 g/mol. The van der Waals surface area contributed by atoms with E-state index in [1.54, 1.807) is 0 Å². The van der Waals surface area contributed by atoms with Gasteiger partial charge in [0.1, 0.15) is 5.52 Å². The van der Waals surface area contributed by atoms with Crippen LogP contribution in [0.3, 0.4) is 0 Å². The molecule has 0 saturated heterocycles. The van der Waals surface area contributed by atoms with Crippen molar-refractivity contribution < 1.29 is 22.4 Å². The molecule has 0 aliphatic rings. The van der Waals surface area contributed by atoms with Crippen LogP contribution in [0.25, 0.3) is 11.1 Å². The highest BCUT2D eigenvalue weighted by atomic mass is 35.5. The molecule has 0 aliphatic heterocycles. The highest BCUT2D eigenvalue weighted by molar-refractivity contribution is 5.96. The van der Waals surface area contributed by atoms with Crippen LogP contribution in [0.4, 0.5) is 18.9 Å². The van der Waals surface area contributed by atoms with Crippen LogP contribution in [0.5, 0.6) is 0 Å². The van der Waals surface area contributed by atoms with Crippen LogP contribution in [-0.4, -0.2) is 16.9 Å². The molecule has 0 spiro atoms. The molecule has 2 rings (SSSR count). The van der Waals surface area contributed by atoms with E-state index in [0.717, 1.165) is 0 Å². The van der Waals surface area contributed by atoms with Gasteiger partial charge in [0.15, 0.2) is 5.58 Å². The standard InChI is InChI=1S/C14H16F3N3O2.ClH/c1-13(2,3)10(18)11(21)19-7-4-5-9-8(6-7)20-12(22-9)14(15,16)17;/h4-6,10H,18H2,1-3H3,(H,19,21);1H/t10-;/m1./s1. The molecule has 5 nitrogen and oxygen atoms in total. The molecule has 0 unspecified atom stereocenters. The fourth-order valence-electron chi connectivity index (χ4n) is 1.74. The number of carbonyl (C=O) groups excluding carboxylic acids is 1. The van der Waals surface area contributed by atoms with Gasteiger partial charge in [0.2, 0.25) is 5.91 Å². The molecule has 1 atom stereocenters. The summed E-state index contributed by atoms with van der Waals surface area (Å²) in [6.45, 7) is 5.44. The van der Waals surface area contributed by atoms with E-state index in [-0.39, 0.29) is 23.5 Å². The number of carbonyl (C=O) groups is 1. The molecule has 128 valence electrons. The second-order valence-corrected chi connectivity index (χ2v) is 6.03. The molecule has 0 bridgehead atoms. The number of oxazole rings is 1. The summed E-state index contributed by atoms with van der Waals surface area (Å²) < 4.78 is 42.2. The molecule has 3 N–H and O–H groups in total. The molecule has 0 radical (unpaired) electrons. The SMILES string of the molecule is CC(C)(C)[C@H](N)C(=O)Nc1ccc2oc(C(F)(F)F)nc2c1.Cl. The Morgan fingerprint density at radius 1 is 1.30 bits per heavy atom. The smallest absolute Gasteiger partial charge is 0.433 e. The normalized spacial score (nSPS) is 13.5. The number of rotatable bonds is 2. The van der Waals surface area contributed by atoms with Gasteiger partial charge in [-0.1, -0.05) is 20.8 Å². The van der Waals surface area contributed by atoms with Crippen LogP contribution < -0.4 is 11.1 Å². The average molecular weight is 352 g/mol. The molecule has 0 fully saturated rings. The number of hydrogen-bond acceptors (Lipinski definition) is 4. The summed E-state index contributed by atoms with van der Waals surface area (Å²) in [5, 5.41) is 2.56. The van der Waals surface area contributed by atoms with Crippen molar-refractivity contribution in [3.05, 3.63) is 24.1 Å². The predicted octanol–water partition coefficient (Wildman–Crippen LogP) is 3.58. The first kappa shape index (κ1) is 19.2. The fraction of sp³-hybridized carbons (Fsp3) is 0.429. The summed E-state index contributed by atoms with van der Waals surface area (Å²) in [6.07, 6.45) is -4.66. The maximum Gasteiger partial charge on any atom is 0.468 e. The van der Waals surface area contributed by atoms with Gasteiger partial charge in [-0.15, -0.1) is 12.4 Å². The van der Waals surface area contributed by atoms with E-state index in [4.69, 9.17) is 5.73 Å². The molecule has 0 aliphatic carbocycles. The Labute approximate surface area is 136 Å². The van der Waals surface area contributed by atoms with Crippen LogP contribution in [0.2, 0.25) is 0 Å². The molecule has 1 amide bonds. The van der Waals surface area contributed by atoms with Gasteiger partial charge in [0, 0.05) is 5.69 Å². The Balaban J connectivity index is 0.00000264. The van der Waals surface area contributed by atoms with Gasteiger partial charge >= 0.3 is 12.1 Å². The number of nitrogens with two attached hydrogens (primary N) is 1. The van der Waals surface area contributed by atoms with E-state index in [0.29, 0.717) is 5.69 Å². The van der Waals surface area contributed by atoms with Gasteiger partial charge in [-0.3, -0.25) is 4.79 Å². The zero-order valence-corrected chi connectivity index (χ0v) is 13.5. The lowest BCUT2D eigenvalue weighted by Crippen LogP contribution is -2.45. The first-order valence-corrected chi connectivity index (χ1v) is 6.53. The molecular formula is C14H17ClF3N3O2. The number of benzene rings is 1. The highest BCUT2D eigenvalue weighted by Gasteiger charge is 2.37. The van der Waals surface area contributed by atoms with Gasteiger partial charge in [-0.2, -0.15) is 13.2 Å². The molecule has 1 heterocycles. The number of nitrogens with one attached hydrogen (secondary N) is 1. The van der Waals surface area contributed by atoms with Crippen molar-refractivity contribution in [2.24, 2.45) is 11.1 Å². The summed E-state index contributed by atoms with van der Waals surface area (Å²) in [5.41, 5.74) is 5.69. The third-order valence-electron chi connectivity index (χ3n) is 3.11. The van der Waals surface area contributed by atoms with Crippen LogP contribution in [0, 0.1) is 5.41 Å². The van der Waals surface area contributed by atoms with Gasteiger partial charge in [-0.25, -0.2) is 4.98 Å². The van der Waals surface area contributed by atoms with E-state index < -0.39 is 29.4 Å². The first-order chi connectivity index (χ1) is 9.98. The van der Waals surface area contributed by atoms with Gasteiger partial charge in [0.25, 0.3) is 0 Å². The van der Waals surface area contributed by atoms with Crippen molar-refractivity contribution in [3.8, 4) is 0 Å². The van der Waals surface area contributed by atoms with Crippen LogP contribution in [0.1, 0.15) is 26.7 Å². The van der Waals surface area contributed by atoms with Crippen molar-refractivity contribution in [1.82, 2.24) is 4.98 Å². The minimum Gasteiger partial charge on any atom is -0.433 e. The quantitative estimate of drug-likeness (QED) is 0.866. The summed E-state index contributed by atoms with van der Waals surface area (Å²) in [5.74, 6) is -1.75. The van der Waals surface area contributed by atoms with E-state index in [2.05, 4.69) is 14.7 Å². The van der Waals surface area contributed by atoms with Crippen molar-refractivity contribution in [2.45, 2.75) is 33.0 Å². The van der Waals surface area contributed by atoms with E-state index in [1.165, 1.54) is 18.2 Å². The lowest BCUT2D eigenvalue weighted by atomic mass is 9.87. The van der Waals surface area contributed by atoms with Crippen molar-refractivity contribution in [1.29, 1.82) is 0 Å². The Kier molecular flexibility index (Phi) is 5.33. The summed E-state index contributed by atoms with van der Waals surface area (Å²) >= 11 is 0. The molecule has 9 heteroatoms. The Morgan fingerprint density at radius 2 is 1.91 bits per heavy atom. The first-order valence-electron chi connectivity index (χ1n) is 6.53. The minimum atomic E-state index is -4.66. The fourth-order valence-corrected chi connectivity index (χ4v) is 1.74. The number of aromatic nitrogens is 1. The number of halogens is 4. The maximum atomic E-state index is 12.5. The van der Waals surface area contributed by atoms with Crippen molar-refractivity contribution in [3.63, 3.8) is 0 Å². The molecule has 1 aromatic heterocycles. The lowest BCUT2D eigenvalue weighted by Gasteiger charge is -2.25. The zero-order chi connectivity index (χ0) is 16.7. The number of fused-ring (bicyclic) bond motifs is 1. The minimum absolute atomic E-state index is 0. The number of hydrogen-bond donors (Lipinski definition) is 2. The van der Waals surface area contributed by atoms with Gasteiger partial charge in [0.05, 0.1) is 6.04 Å². The highest BCUT2D eigenvalue weighted by Crippen LogP contribution is 2.32. The van der Waals surface area contributed by atoms with Crippen LogP contribution >= 0.6 is 12.4 Å². The second kappa shape index (κ2) is 6.37. The molecular weight excluding hydrogens is 335 g/mol. The molecule has 23 heavy (non-hydrogen) atoms. The second-order valence-electron chi connectivity index (χ2n) is 6.03. The van der Waals surface area contributed by atoms with Crippen LogP contribution in [0.15, 0.2) is 22.6 Å². The third kappa shape index (κ3) is 4.35. The number of anilines is 1. The molecule has 1 aromatic carbocycles. The number of nitrogens with zero attached hydrogens (tertiary/aromatic N) is 1. The molecule has 2 aromatic rings.